The second-order valence-electron chi connectivity index (χ2n) is 8.19. The van der Waals surface area contributed by atoms with E-state index in [-0.39, 0.29) is 11.6 Å². The zero-order valence-corrected chi connectivity index (χ0v) is 19.8. The van der Waals surface area contributed by atoms with Gasteiger partial charge in [-0.25, -0.2) is 12.8 Å². The third-order valence-electron chi connectivity index (χ3n) is 5.49. The van der Waals surface area contributed by atoms with Gasteiger partial charge in [-0.2, -0.15) is 5.10 Å². The summed E-state index contributed by atoms with van der Waals surface area (Å²) in [6.07, 6.45) is 4.56. The van der Waals surface area contributed by atoms with E-state index < -0.39 is 10.0 Å². The number of fused-ring (bicyclic) bond motifs is 2. The van der Waals surface area contributed by atoms with E-state index in [0.717, 1.165) is 34.0 Å². The summed E-state index contributed by atoms with van der Waals surface area (Å²) in [5.74, 6) is 0.533. The van der Waals surface area contributed by atoms with Gasteiger partial charge in [-0.1, -0.05) is 11.6 Å². The maximum absolute atomic E-state index is 13.6. The quantitative estimate of drug-likeness (QED) is 0.445. The molecule has 0 fully saturated rings. The number of ether oxygens (including phenoxy) is 1. The van der Waals surface area contributed by atoms with Crippen molar-refractivity contribution in [3.05, 3.63) is 76.8 Å². The Bertz CT molecular complexity index is 1490. The SMILES string of the molecule is CS(=O)(=O)Nc1cc(CN2CCOc3c(Cl)cc(-n4ccc5cc(F)ccc54)cc3C2)cnn1. The highest BCUT2D eigenvalue weighted by molar-refractivity contribution is 7.92. The molecular formula is C23H21ClFN5O3S. The molecule has 0 spiro atoms. The van der Waals surface area contributed by atoms with Crippen molar-refractivity contribution in [1.29, 1.82) is 0 Å². The first-order valence-corrected chi connectivity index (χ1v) is 12.8. The number of anilines is 1. The average Bonchev–Trinajstić information content (AvgIpc) is 3.06. The largest absolute Gasteiger partial charge is 0.490 e. The molecular weight excluding hydrogens is 481 g/mol. The molecule has 0 unspecified atom stereocenters. The summed E-state index contributed by atoms with van der Waals surface area (Å²) in [7, 11) is -3.45. The maximum Gasteiger partial charge on any atom is 0.231 e. The molecule has 0 aliphatic carbocycles. The average molecular weight is 502 g/mol. The monoisotopic (exact) mass is 501 g/mol. The molecule has 2 aromatic carbocycles. The summed E-state index contributed by atoms with van der Waals surface area (Å²) in [5, 5.41) is 9.04. The van der Waals surface area contributed by atoms with Gasteiger partial charge in [-0.3, -0.25) is 9.62 Å². The normalized spacial score (nSPS) is 14.4. The van der Waals surface area contributed by atoms with Gasteiger partial charge in [0, 0.05) is 42.5 Å². The van der Waals surface area contributed by atoms with Gasteiger partial charge in [0.15, 0.2) is 5.82 Å². The predicted molar refractivity (Wildman–Crippen MR) is 128 cm³/mol. The van der Waals surface area contributed by atoms with Crippen LogP contribution in [0.5, 0.6) is 5.75 Å². The van der Waals surface area contributed by atoms with Gasteiger partial charge in [0.05, 0.1) is 23.0 Å². The van der Waals surface area contributed by atoms with Gasteiger partial charge >= 0.3 is 0 Å². The first-order chi connectivity index (χ1) is 16.2. The van der Waals surface area contributed by atoms with E-state index in [0.29, 0.717) is 37.0 Å². The second-order valence-corrected chi connectivity index (χ2v) is 10.3. The summed E-state index contributed by atoms with van der Waals surface area (Å²) >= 11 is 6.60. The smallest absolute Gasteiger partial charge is 0.231 e. The fourth-order valence-corrected chi connectivity index (χ4v) is 4.88. The summed E-state index contributed by atoms with van der Waals surface area (Å²) in [6.45, 7) is 2.17. The van der Waals surface area contributed by atoms with Crippen molar-refractivity contribution in [3.63, 3.8) is 0 Å². The lowest BCUT2D eigenvalue weighted by molar-refractivity contribution is 0.219. The van der Waals surface area contributed by atoms with E-state index in [1.54, 1.807) is 18.3 Å². The maximum atomic E-state index is 13.6. The topological polar surface area (TPSA) is 89.4 Å². The summed E-state index contributed by atoms with van der Waals surface area (Å²) in [5.41, 5.74) is 3.45. The molecule has 8 nitrogen and oxygen atoms in total. The van der Waals surface area contributed by atoms with E-state index >= 15 is 0 Å². The number of rotatable bonds is 5. The molecule has 176 valence electrons. The standard InChI is InChI=1S/C23H21ClFN5O3S/c1-34(31,32)28-22-8-15(12-26-27-22)13-29-6-7-33-23-17(14-29)10-19(11-20(23)24)30-5-4-16-9-18(25)2-3-21(16)30/h2-5,8-12H,6-7,13-14H2,1H3,(H,27,28). The summed E-state index contributed by atoms with van der Waals surface area (Å²) in [4.78, 5) is 2.16. The van der Waals surface area contributed by atoms with Gasteiger partial charge in [0.25, 0.3) is 0 Å². The number of nitrogens with zero attached hydrogens (tertiary/aromatic N) is 4. The number of sulfonamides is 1. The molecule has 3 heterocycles. The molecule has 0 bridgehead atoms. The van der Waals surface area contributed by atoms with Gasteiger partial charge in [-0.15, -0.1) is 5.10 Å². The van der Waals surface area contributed by atoms with E-state index in [9.17, 15) is 12.8 Å². The van der Waals surface area contributed by atoms with Gasteiger partial charge in [0.2, 0.25) is 10.0 Å². The first-order valence-electron chi connectivity index (χ1n) is 10.5. The van der Waals surface area contributed by atoms with Crippen molar-refractivity contribution in [2.24, 2.45) is 0 Å². The van der Waals surface area contributed by atoms with E-state index in [2.05, 4.69) is 19.8 Å². The molecule has 11 heteroatoms. The minimum absolute atomic E-state index is 0.174. The zero-order valence-electron chi connectivity index (χ0n) is 18.2. The Hall–Kier alpha value is -3.21. The molecule has 0 radical (unpaired) electrons. The minimum atomic E-state index is -3.45. The third kappa shape index (κ3) is 4.84. The Morgan fingerprint density at radius 2 is 2.06 bits per heavy atom. The molecule has 1 aliphatic heterocycles. The van der Waals surface area contributed by atoms with Gasteiger partial charge < -0.3 is 9.30 Å². The lowest BCUT2D eigenvalue weighted by atomic mass is 10.1. The fraction of sp³-hybridized carbons (Fsp3) is 0.217. The number of nitrogens with one attached hydrogen (secondary N) is 1. The van der Waals surface area contributed by atoms with Gasteiger partial charge in [-0.05, 0) is 48.0 Å². The van der Waals surface area contributed by atoms with E-state index in [1.165, 1.54) is 12.1 Å². The lowest BCUT2D eigenvalue weighted by Crippen LogP contribution is -2.25. The van der Waals surface area contributed by atoms with Crippen LogP contribution < -0.4 is 9.46 Å². The van der Waals surface area contributed by atoms with Crippen LogP contribution in [0, 0.1) is 5.82 Å². The van der Waals surface area contributed by atoms with Crippen molar-refractivity contribution < 1.29 is 17.5 Å². The molecule has 4 aromatic rings. The highest BCUT2D eigenvalue weighted by atomic mass is 35.5. The molecule has 2 aromatic heterocycles. The van der Waals surface area contributed by atoms with E-state index in [4.69, 9.17) is 16.3 Å². The van der Waals surface area contributed by atoms with Crippen LogP contribution in [0.3, 0.4) is 0 Å². The predicted octanol–water partition coefficient (Wildman–Crippen LogP) is 3.98. The van der Waals surface area contributed by atoms with Crippen molar-refractivity contribution in [3.8, 4) is 11.4 Å². The summed E-state index contributed by atoms with van der Waals surface area (Å²) < 4.78 is 46.9. The van der Waals surface area contributed by atoms with Gasteiger partial charge in [0.1, 0.15) is 18.2 Å². The van der Waals surface area contributed by atoms with Crippen LogP contribution in [0.1, 0.15) is 11.1 Å². The zero-order chi connectivity index (χ0) is 23.9. The summed E-state index contributed by atoms with van der Waals surface area (Å²) in [6, 6.07) is 12.1. The molecule has 0 atom stereocenters. The van der Waals surface area contributed by atoms with E-state index in [1.807, 2.05) is 29.0 Å². The number of hydrogen-bond acceptors (Lipinski definition) is 6. The van der Waals surface area contributed by atoms with Crippen LogP contribution in [0.15, 0.2) is 54.9 Å². The molecule has 0 saturated carbocycles. The van der Waals surface area contributed by atoms with Crippen molar-refractivity contribution in [2.45, 2.75) is 13.1 Å². The number of halogens is 2. The van der Waals surface area contributed by atoms with Crippen LogP contribution in [0.2, 0.25) is 5.02 Å². The number of aromatic nitrogens is 3. The van der Waals surface area contributed by atoms with Crippen molar-refractivity contribution in [2.75, 3.05) is 24.1 Å². The van der Waals surface area contributed by atoms with Crippen molar-refractivity contribution in [1.82, 2.24) is 19.7 Å². The highest BCUT2D eigenvalue weighted by Crippen LogP contribution is 2.35. The number of hydrogen-bond donors (Lipinski definition) is 1. The second kappa shape index (κ2) is 8.86. The Kier molecular flexibility index (Phi) is 5.88. The highest BCUT2D eigenvalue weighted by Gasteiger charge is 2.20. The van der Waals surface area contributed by atoms with Crippen LogP contribution in [-0.2, 0) is 23.1 Å². The third-order valence-corrected chi connectivity index (χ3v) is 6.35. The Morgan fingerprint density at radius 3 is 2.88 bits per heavy atom. The van der Waals surface area contributed by atoms with Crippen LogP contribution in [-0.4, -0.2) is 47.5 Å². The Morgan fingerprint density at radius 1 is 1.21 bits per heavy atom. The molecule has 0 amide bonds. The lowest BCUT2D eigenvalue weighted by Gasteiger charge is -2.20. The first kappa shape index (κ1) is 22.6. The van der Waals surface area contributed by atoms with Crippen LogP contribution in [0.25, 0.3) is 16.6 Å². The van der Waals surface area contributed by atoms with Crippen LogP contribution in [0.4, 0.5) is 10.2 Å². The molecule has 34 heavy (non-hydrogen) atoms. The fourth-order valence-electron chi connectivity index (χ4n) is 4.11. The molecule has 1 aliphatic rings. The molecule has 5 rings (SSSR count). The Labute approximate surface area is 201 Å². The molecule has 0 saturated heterocycles. The molecule has 1 N–H and O–H groups in total. The minimum Gasteiger partial charge on any atom is -0.490 e. The van der Waals surface area contributed by atoms with Crippen molar-refractivity contribution >= 4 is 38.3 Å². The Balaban J connectivity index is 1.44. The van der Waals surface area contributed by atoms with Crippen LogP contribution >= 0.6 is 11.6 Å². The number of benzene rings is 2.